The molecule has 0 saturated carbocycles. The number of benzene rings is 2. The molecule has 2 aromatic rings. The molecule has 4 nitrogen and oxygen atoms in total. The first-order valence-corrected chi connectivity index (χ1v) is 7.35. The molecule has 23 heavy (non-hydrogen) atoms. The molecule has 120 valence electrons. The van der Waals surface area contributed by atoms with Crippen LogP contribution in [0.1, 0.15) is 30.9 Å². The molecule has 0 aliphatic carbocycles. The lowest BCUT2D eigenvalue weighted by atomic mass is 10.0. The van der Waals surface area contributed by atoms with Crippen LogP contribution in [0.15, 0.2) is 53.7 Å². The Bertz CT molecular complexity index is 682. The Balaban J connectivity index is 1.78. The van der Waals surface area contributed by atoms with E-state index in [2.05, 4.69) is 24.3 Å². The number of nitrogens with one attached hydrogen (secondary N) is 1. The lowest BCUT2D eigenvalue weighted by molar-refractivity contribution is -0.120. The second-order valence-electron chi connectivity index (χ2n) is 5.39. The maximum absolute atomic E-state index is 13.0. The number of anilines is 1. The molecule has 0 aliphatic heterocycles. The van der Waals surface area contributed by atoms with Crippen LogP contribution in [-0.2, 0) is 9.63 Å². The fourth-order valence-electron chi connectivity index (χ4n) is 1.93. The van der Waals surface area contributed by atoms with Crippen LogP contribution in [0.25, 0.3) is 0 Å². The molecule has 0 bridgehead atoms. The topological polar surface area (TPSA) is 50.7 Å². The zero-order chi connectivity index (χ0) is 16.7. The van der Waals surface area contributed by atoms with Gasteiger partial charge in [-0.25, -0.2) is 4.39 Å². The Morgan fingerprint density at radius 1 is 1.26 bits per heavy atom. The van der Waals surface area contributed by atoms with Crippen molar-refractivity contribution in [3.8, 4) is 0 Å². The number of hydrogen-bond acceptors (Lipinski definition) is 3. The highest BCUT2D eigenvalue weighted by Crippen LogP contribution is 2.16. The van der Waals surface area contributed by atoms with Crippen molar-refractivity contribution in [2.75, 3.05) is 11.9 Å². The quantitative estimate of drug-likeness (QED) is 0.648. The predicted octanol–water partition coefficient (Wildman–Crippen LogP) is 3.94. The van der Waals surface area contributed by atoms with Gasteiger partial charge in [0.2, 0.25) is 0 Å². The summed E-state index contributed by atoms with van der Waals surface area (Å²) in [5, 5.41) is 6.37. The maximum Gasteiger partial charge on any atom is 0.265 e. The van der Waals surface area contributed by atoms with Crippen LogP contribution in [0.5, 0.6) is 0 Å². The molecule has 0 heterocycles. The first kappa shape index (κ1) is 16.7. The fraction of sp³-hybridized carbons (Fsp3) is 0.222. The van der Waals surface area contributed by atoms with Gasteiger partial charge in [-0.3, -0.25) is 4.79 Å². The molecule has 0 radical (unpaired) electrons. The summed E-state index contributed by atoms with van der Waals surface area (Å²) >= 11 is 0. The lowest BCUT2D eigenvalue weighted by Crippen LogP contribution is -2.16. The number of carbonyl (C=O) groups excluding carboxylic acids is 1. The molecule has 0 aromatic heterocycles. The minimum atomic E-state index is -0.350. The molecule has 0 aliphatic rings. The van der Waals surface area contributed by atoms with E-state index in [1.54, 1.807) is 12.1 Å². The summed E-state index contributed by atoms with van der Waals surface area (Å²) in [6.45, 7) is 4.01. The first-order chi connectivity index (χ1) is 11.0. The Morgan fingerprint density at radius 2 is 2.00 bits per heavy atom. The molecular weight excluding hydrogens is 295 g/mol. The Kier molecular flexibility index (Phi) is 5.86. The molecule has 2 rings (SSSR count). The molecule has 0 fully saturated rings. The normalized spacial score (nSPS) is 11.0. The number of carbonyl (C=O) groups is 1. The van der Waals surface area contributed by atoms with Gasteiger partial charge in [-0.05, 0) is 41.3 Å². The molecule has 1 amide bonds. The van der Waals surface area contributed by atoms with Crippen LogP contribution in [-0.4, -0.2) is 18.7 Å². The zero-order valence-corrected chi connectivity index (χ0v) is 13.1. The van der Waals surface area contributed by atoms with Gasteiger partial charge in [0.05, 0.1) is 6.21 Å². The van der Waals surface area contributed by atoms with Crippen molar-refractivity contribution in [1.82, 2.24) is 0 Å². The molecule has 0 atom stereocenters. The average Bonchev–Trinajstić information content (AvgIpc) is 2.52. The standard InChI is InChI=1S/C18H19FN2O2/c1-13(2)15-6-8-17(9-7-15)21-18(22)12-23-20-11-14-4-3-5-16(19)10-14/h3-11,13H,12H2,1-2H3,(H,21,22)/b20-11-. The van der Waals surface area contributed by atoms with Crippen LogP contribution in [0.2, 0.25) is 0 Å². The summed E-state index contributed by atoms with van der Waals surface area (Å²) in [5.74, 6) is -0.213. The first-order valence-electron chi connectivity index (χ1n) is 7.35. The Hall–Kier alpha value is -2.69. The lowest BCUT2D eigenvalue weighted by Gasteiger charge is -2.08. The van der Waals surface area contributed by atoms with E-state index in [-0.39, 0.29) is 18.3 Å². The van der Waals surface area contributed by atoms with Crippen LogP contribution in [0.3, 0.4) is 0 Å². The van der Waals surface area contributed by atoms with Crippen molar-refractivity contribution in [3.05, 3.63) is 65.5 Å². The Labute approximate surface area is 135 Å². The number of hydrogen-bond donors (Lipinski definition) is 1. The second-order valence-corrected chi connectivity index (χ2v) is 5.39. The van der Waals surface area contributed by atoms with E-state index in [0.717, 1.165) is 0 Å². The molecule has 2 aromatic carbocycles. The third kappa shape index (κ3) is 5.54. The van der Waals surface area contributed by atoms with E-state index in [1.165, 1.54) is 23.9 Å². The fourth-order valence-corrected chi connectivity index (χ4v) is 1.93. The third-order valence-corrected chi connectivity index (χ3v) is 3.18. The summed E-state index contributed by atoms with van der Waals surface area (Å²) in [6, 6.07) is 13.6. The largest absolute Gasteiger partial charge is 0.386 e. The molecule has 0 spiro atoms. The van der Waals surface area contributed by atoms with Crippen molar-refractivity contribution >= 4 is 17.8 Å². The number of amides is 1. The zero-order valence-electron chi connectivity index (χ0n) is 13.1. The van der Waals surface area contributed by atoms with Crippen molar-refractivity contribution in [2.24, 2.45) is 5.16 Å². The number of rotatable bonds is 6. The smallest absolute Gasteiger partial charge is 0.265 e. The van der Waals surface area contributed by atoms with Gasteiger partial charge in [-0.15, -0.1) is 0 Å². The van der Waals surface area contributed by atoms with E-state index < -0.39 is 0 Å². The molecular formula is C18H19FN2O2. The summed E-state index contributed by atoms with van der Waals surface area (Å²) < 4.78 is 13.0. The SMILES string of the molecule is CC(C)c1ccc(NC(=O)CO/N=C\c2cccc(F)c2)cc1. The van der Waals surface area contributed by atoms with Gasteiger partial charge in [0.15, 0.2) is 6.61 Å². The van der Waals surface area contributed by atoms with Crippen molar-refractivity contribution in [1.29, 1.82) is 0 Å². The monoisotopic (exact) mass is 314 g/mol. The highest BCUT2D eigenvalue weighted by molar-refractivity contribution is 5.91. The minimum absolute atomic E-state index is 0.211. The summed E-state index contributed by atoms with van der Waals surface area (Å²) in [4.78, 5) is 16.6. The average molecular weight is 314 g/mol. The van der Waals surface area contributed by atoms with Crippen molar-refractivity contribution in [2.45, 2.75) is 19.8 Å². The predicted molar refractivity (Wildman–Crippen MR) is 89.1 cm³/mol. The van der Waals surface area contributed by atoms with E-state index in [1.807, 2.05) is 24.3 Å². The van der Waals surface area contributed by atoms with Crippen LogP contribution in [0, 0.1) is 5.82 Å². The molecule has 0 unspecified atom stereocenters. The highest BCUT2D eigenvalue weighted by atomic mass is 19.1. The number of oxime groups is 1. The molecule has 0 saturated heterocycles. The van der Waals surface area contributed by atoms with E-state index in [0.29, 0.717) is 17.2 Å². The summed E-state index contributed by atoms with van der Waals surface area (Å²) in [6.07, 6.45) is 1.35. The van der Waals surface area contributed by atoms with Crippen LogP contribution < -0.4 is 5.32 Å². The summed E-state index contributed by atoms with van der Waals surface area (Å²) in [7, 11) is 0. The van der Waals surface area contributed by atoms with Gasteiger partial charge in [-0.2, -0.15) is 0 Å². The maximum atomic E-state index is 13.0. The van der Waals surface area contributed by atoms with Gasteiger partial charge in [0, 0.05) is 5.69 Å². The molecule has 5 heteroatoms. The van der Waals surface area contributed by atoms with E-state index >= 15 is 0 Å². The second kappa shape index (κ2) is 8.08. The number of halogens is 1. The third-order valence-electron chi connectivity index (χ3n) is 3.18. The van der Waals surface area contributed by atoms with Gasteiger partial charge in [0.1, 0.15) is 5.82 Å². The van der Waals surface area contributed by atoms with Crippen molar-refractivity contribution < 1.29 is 14.0 Å². The van der Waals surface area contributed by atoms with Gasteiger partial charge >= 0.3 is 0 Å². The number of nitrogens with zero attached hydrogens (tertiary/aromatic N) is 1. The van der Waals surface area contributed by atoms with Gasteiger partial charge in [-0.1, -0.05) is 43.3 Å². The van der Waals surface area contributed by atoms with Gasteiger partial charge in [0.25, 0.3) is 5.91 Å². The molecule has 1 N–H and O–H groups in total. The minimum Gasteiger partial charge on any atom is -0.386 e. The highest BCUT2D eigenvalue weighted by Gasteiger charge is 2.04. The van der Waals surface area contributed by atoms with Crippen molar-refractivity contribution in [3.63, 3.8) is 0 Å². The van der Waals surface area contributed by atoms with Crippen LogP contribution >= 0.6 is 0 Å². The van der Waals surface area contributed by atoms with E-state index in [4.69, 9.17) is 4.84 Å². The van der Waals surface area contributed by atoms with Gasteiger partial charge < -0.3 is 10.2 Å². The Morgan fingerprint density at radius 3 is 2.65 bits per heavy atom. The van der Waals surface area contributed by atoms with E-state index in [9.17, 15) is 9.18 Å². The summed E-state index contributed by atoms with van der Waals surface area (Å²) in [5.41, 5.74) is 2.48. The van der Waals surface area contributed by atoms with Crippen LogP contribution in [0.4, 0.5) is 10.1 Å².